The Labute approximate surface area is 101 Å². The summed E-state index contributed by atoms with van der Waals surface area (Å²) in [6.07, 6.45) is 7.01. The van der Waals surface area contributed by atoms with E-state index in [1.165, 1.54) is 58.3 Å². The quantitative estimate of drug-likeness (QED) is 0.792. The van der Waals surface area contributed by atoms with E-state index in [1.54, 1.807) is 0 Å². The lowest BCUT2D eigenvalue weighted by atomic mass is 9.91. The third-order valence-corrected chi connectivity index (χ3v) is 4.15. The van der Waals surface area contributed by atoms with Crippen molar-refractivity contribution in [2.75, 3.05) is 26.2 Å². The second kappa shape index (κ2) is 6.02. The molecule has 16 heavy (non-hydrogen) atoms. The van der Waals surface area contributed by atoms with E-state index >= 15 is 0 Å². The van der Waals surface area contributed by atoms with Gasteiger partial charge in [-0.2, -0.15) is 0 Å². The molecular weight excluding hydrogens is 196 g/mol. The van der Waals surface area contributed by atoms with Crippen LogP contribution in [-0.4, -0.2) is 37.1 Å². The predicted octanol–water partition coefficient (Wildman–Crippen LogP) is 2.50. The summed E-state index contributed by atoms with van der Waals surface area (Å²) >= 11 is 0. The minimum atomic E-state index is 0.807. The van der Waals surface area contributed by atoms with E-state index in [0.717, 1.165) is 17.9 Å². The average Bonchev–Trinajstić information content (AvgIpc) is 2.27. The molecule has 0 radical (unpaired) electrons. The summed E-state index contributed by atoms with van der Waals surface area (Å²) in [4.78, 5) is 2.69. The molecule has 1 N–H and O–H groups in total. The molecule has 3 atom stereocenters. The van der Waals surface area contributed by atoms with Crippen LogP contribution in [0.15, 0.2) is 0 Å². The fourth-order valence-electron chi connectivity index (χ4n) is 3.48. The van der Waals surface area contributed by atoms with Crippen molar-refractivity contribution in [1.29, 1.82) is 0 Å². The minimum absolute atomic E-state index is 0.807. The number of piperidine rings is 2. The van der Waals surface area contributed by atoms with Crippen molar-refractivity contribution in [1.82, 2.24) is 10.2 Å². The molecular formula is C14H28N2. The first-order chi connectivity index (χ1) is 7.74. The smallest absolute Gasteiger partial charge is 0.00792 e. The number of likely N-dealkylation sites (tertiary alicyclic amines) is 1. The first kappa shape index (κ1) is 12.4. The molecule has 0 aromatic rings. The van der Waals surface area contributed by atoms with Crippen molar-refractivity contribution < 1.29 is 0 Å². The molecule has 0 saturated carbocycles. The van der Waals surface area contributed by atoms with E-state index in [0.29, 0.717) is 0 Å². The number of nitrogens with zero attached hydrogens (tertiary/aromatic N) is 1. The summed E-state index contributed by atoms with van der Waals surface area (Å²) < 4.78 is 0. The molecule has 2 heterocycles. The fraction of sp³-hybridized carbons (Fsp3) is 1.00. The molecule has 2 heteroatoms. The largest absolute Gasteiger partial charge is 0.314 e. The number of nitrogens with one attached hydrogen (secondary N) is 1. The van der Waals surface area contributed by atoms with Gasteiger partial charge in [0.15, 0.2) is 0 Å². The Balaban J connectivity index is 1.68. The van der Waals surface area contributed by atoms with Crippen LogP contribution in [0.1, 0.15) is 46.0 Å². The van der Waals surface area contributed by atoms with Crippen LogP contribution in [0.5, 0.6) is 0 Å². The Morgan fingerprint density at radius 3 is 2.50 bits per heavy atom. The second-order valence-electron chi connectivity index (χ2n) is 6.14. The summed E-state index contributed by atoms with van der Waals surface area (Å²) in [6, 6.07) is 0.807. The topological polar surface area (TPSA) is 15.3 Å². The average molecular weight is 224 g/mol. The van der Waals surface area contributed by atoms with E-state index < -0.39 is 0 Å². The molecule has 0 aromatic carbocycles. The molecule has 94 valence electrons. The van der Waals surface area contributed by atoms with Gasteiger partial charge in [-0.25, -0.2) is 0 Å². The van der Waals surface area contributed by atoms with Crippen LogP contribution in [0.3, 0.4) is 0 Å². The molecule has 3 unspecified atom stereocenters. The first-order valence-corrected chi connectivity index (χ1v) is 7.20. The van der Waals surface area contributed by atoms with Gasteiger partial charge in [0.1, 0.15) is 0 Å². The van der Waals surface area contributed by atoms with Gasteiger partial charge < -0.3 is 10.2 Å². The summed E-state index contributed by atoms with van der Waals surface area (Å²) in [6.45, 7) is 10.0. The van der Waals surface area contributed by atoms with Gasteiger partial charge in [-0.3, -0.25) is 0 Å². The highest BCUT2D eigenvalue weighted by molar-refractivity contribution is 4.78. The number of hydrogen-bond donors (Lipinski definition) is 1. The maximum atomic E-state index is 3.65. The lowest BCUT2D eigenvalue weighted by Crippen LogP contribution is -2.42. The zero-order valence-electron chi connectivity index (χ0n) is 11.0. The molecule has 2 fully saturated rings. The highest BCUT2D eigenvalue weighted by Crippen LogP contribution is 2.21. The van der Waals surface area contributed by atoms with Crippen molar-refractivity contribution >= 4 is 0 Å². The SMILES string of the molecule is CC1CC(C)CN(CCC2CCCCN2)C1. The Hall–Kier alpha value is -0.0800. The van der Waals surface area contributed by atoms with Crippen LogP contribution in [0, 0.1) is 11.8 Å². The van der Waals surface area contributed by atoms with Crippen LogP contribution >= 0.6 is 0 Å². The maximum Gasteiger partial charge on any atom is 0.00792 e. The van der Waals surface area contributed by atoms with Crippen LogP contribution in [0.2, 0.25) is 0 Å². The van der Waals surface area contributed by atoms with E-state index in [2.05, 4.69) is 24.1 Å². The van der Waals surface area contributed by atoms with Crippen molar-refractivity contribution in [3.63, 3.8) is 0 Å². The van der Waals surface area contributed by atoms with Crippen molar-refractivity contribution in [3.8, 4) is 0 Å². The van der Waals surface area contributed by atoms with Gasteiger partial charge in [0, 0.05) is 19.1 Å². The molecule has 2 aliphatic heterocycles. The molecule has 0 aromatic heterocycles. The van der Waals surface area contributed by atoms with Gasteiger partial charge in [-0.05, 0) is 50.6 Å². The maximum absolute atomic E-state index is 3.65. The highest BCUT2D eigenvalue weighted by atomic mass is 15.1. The Kier molecular flexibility index (Phi) is 4.66. The van der Waals surface area contributed by atoms with E-state index in [-0.39, 0.29) is 0 Å². The van der Waals surface area contributed by atoms with Crippen molar-refractivity contribution in [2.45, 2.75) is 52.0 Å². The standard InChI is InChI=1S/C14H28N2/c1-12-9-13(2)11-16(10-12)8-6-14-5-3-4-7-15-14/h12-15H,3-11H2,1-2H3. The zero-order chi connectivity index (χ0) is 11.4. The minimum Gasteiger partial charge on any atom is -0.314 e. The predicted molar refractivity (Wildman–Crippen MR) is 69.6 cm³/mol. The molecule has 0 spiro atoms. The Morgan fingerprint density at radius 1 is 1.12 bits per heavy atom. The monoisotopic (exact) mass is 224 g/mol. The molecule has 2 rings (SSSR count). The summed E-state index contributed by atoms with van der Waals surface area (Å²) in [5.74, 6) is 1.81. The molecule has 0 amide bonds. The second-order valence-corrected chi connectivity index (χ2v) is 6.14. The van der Waals surface area contributed by atoms with Crippen LogP contribution in [0.4, 0.5) is 0 Å². The summed E-state index contributed by atoms with van der Waals surface area (Å²) in [5, 5.41) is 3.65. The molecule has 2 aliphatic rings. The highest BCUT2D eigenvalue weighted by Gasteiger charge is 2.22. The zero-order valence-corrected chi connectivity index (χ0v) is 11.0. The fourth-order valence-corrected chi connectivity index (χ4v) is 3.48. The third kappa shape index (κ3) is 3.74. The van der Waals surface area contributed by atoms with Gasteiger partial charge in [0.25, 0.3) is 0 Å². The molecule has 0 bridgehead atoms. The molecule has 2 saturated heterocycles. The first-order valence-electron chi connectivity index (χ1n) is 7.20. The Bertz CT molecular complexity index is 189. The third-order valence-electron chi connectivity index (χ3n) is 4.15. The van der Waals surface area contributed by atoms with Crippen LogP contribution in [-0.2, 0) is 0 Å². The lowest BCUT2D eigenvalue weighted by Gasteiger charge is -2.36. The molecule has 0 aliphatic carbocycles. The van der Waals surface area contributed by atoms with Gasteiger partial charge in [-0.15, -0.1) is 0 Å². The van der Waals surface area contributed by atoms with Crippen LogP contribution in [0.25, 0.3) is 0 Å². The number of hydrogen-bond acceptors (Lipinski definition) is 2. The van der Waals surface area contributed by atoms with E-state index in [1.807, 2.05) is 0 Å². The summed E-state index contributed by atoms with van der Waals surface area (Å²) in [5.41, 5.74) is 0. The van der Waals surface area contributed by atoms with E-state index in [4.69, 9.17) is 0 Å². The van der Waals surface area contributed by atoms with Gasteiger partial charge >= 0.3 is 0 Å². The van der Waals surface area contributed by atoms with E-state index in [9.17, 15) is 0 Å². The lowest BCUT2D eigenvalue weighted by molar-refractivity contribution is 0.133. The van der Waals surface area contributed by atoms with Gasteiger partial charge in [-0.1, -0.05) is 20.3 Å². The van der Waals surface area contributed by atoms with Gasteiger partial charge in [0.05, 0.1) is 0 Å². The number of rotatable bonds is 3. The van der Waals surface area contributed by atoms with Crippen molar-refractivity contribution in [2.24, 2.45) is 11.8 Å². The van der Waals surface area contributed by atoms with Crippen LogP contribution < -0.4 is 5.32 Å². The van der Waals surface area contributed by atoms with Crippen molar-refractivity contribution in [3.05, 3.63) is 0 Å². The normalized spacial score (nSPS) is 37.5. The molecule has 2 nitrogen and oxygen atoms in total. The Morgan fingerprint density at radius 2 is 1.88 bits per heavy atom. The van der Waals surface area contributed by atoms with Gasteiger partial charge in [0.2, 0.25) is 0 Å². The summed E-state index contributed by atoms with van der Waals surface area (Å²) in [7, 11) is 0.